The van der Waals surface area contributed by atoms with E-state index in [-0.39, 0.29) is 15.5 Å². The number of aromatic amines is 1. The van der Waals surface area contributed by atoms with E-state index in [1.807, 2.05) is 0 Å². The van der Waals surface area contributed by atoms with E-state index in [4.69, 9.17) is 23.2 Å². The summed E-state index contributed by atoms with van der Waals surface area (Å²) in [6.45, 7) is 1.75. The molecule has 0 amide bonds. The van der Waals surface area contributed by atoms with E-state index < -0.39 is 20.0 Å². The first-order chi connectivity index (χ1) is 14.2. The van der Waals surface area contributed by atoms with Gasteiger partial charge in [0.25, 0.3) is 10.0 Å². The van der Waals surface area contributed by atoms with Gasteiger partial charge >= 0.3 is 0 Å². The molecule has 0 bridgehead atoms. The van der Waals surface area contributed by atoms with Gasteiger partial charge in [-0.15, -0.1) is 0 Å². The van der Waals surface area contributed by atoms with Crippen LogP contribution in [0.15, 0.2) is 52.4 Å². The molecule has 3 N–H and O–H groups in total. The Kier molecular flexibility index (Phi) is 5.73. The highest BCUT2D eigenvalue weighted by Crippen LogP contribution is 2.35. The van der Waals surface area contributed by atoms with Gasteiger partial charge in [-0.1, -0.05) is 29.3 Å². The van der Waals surface area contributed by atoms with Gasteiger partial charge in [-0.25, -0.2) is 16.8 Å². The second-order valence-corrected chi connectivity index (χ2v) is 11.2. The second-order valence-electron chi connectivity index (χ2n) is 6.72. The van der Waals surface area contributed by atoms with Crippen molar-refractivity contribution < 1.29 is 16.8 Å². The Labute approximate surface area is 184 Å². The molecule has 1 fully saturated rings. The topological polar surface area (TPSA) is 111 Å². The first-order valence-electron chi connectivity index (χ1n) is 8.99. The Bertz CT molecular complexity index is 1320. The summed E-state index contributed by atoms with van der Waals surface area (Å²) >= 11 is 12.3. The van der Waals surface area contributed by atoms with E-state index in [1.165, 1.54) is 40.8 Å². The first kappa shape index (κ1) is 21.4. The number of anilines is 1. The molecule has 1 aromatic heterocycles. The normalized spacial score (nSPS) is 16.1. The maximum Gasteiger partial charge on any atom is 0.262 e. The van der Waals surface area contributed by atoms with Crippen LogP contribution in [0.2, 0.25) is 10.0 Å². The van der Waals surface area contributed by atoms with Gasteiger partial charge in [0.1, 0.15) is 0 Å². The molecular formula is C18H18Cl2N4O4S2. The molecule has 2 aromatic carbocycles. The average molecular weight is 489 g/mol. The number of nitrogens with one attached hydrogen (secondary N) is 3. The number of benzene rings is 2. The number of rotatable bonds is 5. The van der Waals surface area contributed by atoms with Gasteiger partial charge in [0, 0.05) is 37.8 Å². The Morgan fingerprint density at radius 2 is 1.63 bits per heavy atom. The minimum atomic E-state index is -4.07. The molecule has 0 atom stereocenters. The fourth-order valence-corrected chi connectivity index (χ4v) is 6.53. The van der Waals surface area contributed by atoms with Crippen molar-refractivity contribution in [1.29, 1.82) is 0 Å². The molecule has 1 saturated heterocycles. The van der Waals surface area contributed by atoms with Gasteiger partial charge in [0.15, 0.2) is 0 Å². The molecule has 0 aliphatic carbocycles. The molecule has 160 valence electrons. The van der Waals surface area contributed by atoms with Crippen LogP contribution in [-0.4, -0.2) is 52.3 Å². The smallest absolute Gasteiger partial charge is 0.262 e. The van der Waals surface area contributed by atoms with Crippen LogP contribution < -0.4 is 10.0 Å². The first-order valence-corrected chi connectivity index (χ1v) is 12.7. The van der Waals surface area contributed by atoms with E-state index in [0.717, 1.165) is 6.07 Å². The molecule has 30 heavy (non-hydrogen) atoms. The third-order valence-corrected chi connectivity index (χ3v) is 8.68. The molecular weight excluding hydrogens is 471 g/mol. The highest BCUT2D eigenvalue weighted by atomic mass is 35.5. The number of hydrogen-bond acceptors (Lipinski definition) is 5. The van der Waals surface area contributed by atoms with Crippen LogP contribution in [0.4, 0.5) is 5.69 Å². The Morgan fingerprint density at radius 1 is 0.933 bits per heavy atom. The quantitative estimate of drug-likeness (QED) is 0.511. The highest BCUT2D eigenvalue weighted by Gasteiger charge is 2.27. The van der Waals surface area contributed by atoms with Crippen LogP contribution in [-0.2, 0) is 20.0 Å². The van der Waals surface area contributed by atoms with E-state index in [9.17, 15) is 16.8 Å². The summed E-state index contributed by atoms with van der Waals surface area (Å²) in [6.07, 6.45) is 1.51. The van der Waals surface area contributed by atoms with Crippen LogP contribution in [0.3, 0.4) is 0 Å². The summed E-state index contributed by atoms with van der Waals surface area (Å²) in [5, 5.41) is 4.32. The van der Waals surface area contributed by atoms with Crippen molar-refractivity contribution in [2.24, 2.45) is 0 Å². The maximum absolute atomic E-state index is 13.0. The van der Waals surface area contributed by atoms with Gasteiger partial charge in [0.2, 0.25) is 10.0 Å². The van der Waals surface area contributed by atoms with Crippen molar-refractivity contribution in [3.63, 3.8) is 0 Å². The standard InChI is InChI=1S/C18H18Cl2N4O4S2/c19-14-4-5-16(18-17(14)15(20)11-22-18)23-29(25,26)12-2-1-3-13(10-12)30(27,28)24-8-6-21-7-9-24/h1-5,10-11,21-23H,6-9H2. The summed E-state index contributed by atoms with van der Waals surface area (Å²) < 4.78 is 55.6. The number of halogens is 2. The lowest BCUT2D eigenvalue weighted by Crippen LogP contribution is -2.46. The summed E-state index contributed by atoms with van der Waals surface area (Å²) in [5.74, 6) is 0. The molecule has 12 heteroatoms. The molecule has 1 aliphatic heterocycles. The third-order valence-electron chi connectivity index (χ3n) is 4.81. The lowest BCUT2D eigenvalue weighted by molar-refractivity contribution is 0.360. The number of sulfonamides is 2. The zero-order valence-corrected chi connectivity index (χ0v) is 18.7. The number of H-pyrrole nitrogens is 1. The molecule has 4 rings (SSSR count). The van der Waals surface area contributed by atoms with Gasteiger partial charge in [0.05, 0.1) is 31.0 Å². The Balaban J connectivity index is 1.69. The summed E-state index contributed by atoms with van der Waals surface area (Å²) in [5.41, 5.74) is 0.678. The van der Waals surface area contributed by atoms with E-state index >= 15 is 0 Å². The fourth-order valence-electron chi connectivity index (χ4n) is 3.29. The van der Waals surface area contributed by atoms with Crippen molar-refractivity contribution in [1.82, 2.24) is 14.6 Å². The van der Waals surface area contributed by atoms with Crippen LogP contribution in [0.5, 0.6) is 0 Å². The van der Waals surface area contributed by atoms with E-state index in [2.05, 4.69) is 15.0 Å². The number of fused-ring (bicyclic) bond motifs is 1. The molecule has 8 nitrogen and oxygen atoms in total. The molecule has 0 unspecified atom stereocenters. The van der Waals surface area contributed by atoms with Crippen molar-refractivity contribution in [3.8, 4) is 0 Å². The summed E-state index contributed by atoms with van der Waals surface area (Å²) in [4.78, 5) is 2.66. The van der Waals surface area contributed by atoms with Crippen molar-refractivity contribution in [2.45, 2.75) is 9.79 Å². The number of aromatic nitrogens is 1. The number of hydrogen-bond donors (Lipinski definition) is 3. The van der Waals surface area contributed by atoms with Gasteiger partial charge < -0.3 is 10.3 Å². The molecule has 1 aliphatic rings. The minimum absolute atomic E-state index is 0.0727. The fraction of sp³-hybridized carbons (Fsp3) is 0.222. The van der Waals surface area contributed by atoms with Crippen LogP contribution >= 0.6 is 23.2 Å². The van der Waals surface area contributed by atoms with Gasteiger partial charge in [-0.3, -0.25) is 4.72 Å². The Hall–Kier alpha value is -1.82. The van der Waals surface area contributed by atoms with Crippen molar-refractivity contribution in [3.05, 3.63) is 52.6 Å². The zero-order valence-electron chi connectivity index (χ0n) is 15.5. The predicted molar refractivity (Wildman–Crippen MR) is 117 cm³/mol. The lowest BCUT2D eigenvalue weighted by atomic mass is 10.2. The zero-order chi connectivity index (χ0) is 21.5. The van der Waals surface area contributed by atoms with Crippen LogP contribution in [0.25, 0.3) is 10.9 Å². The second kappa shape index (κ2) is 8.03. The molecule has 0 radical (unpaired) electrons. The largest absolute Gasteiger partial charge is 0.358 e. The number of nitrogens with zero attached hydrogens (tertiary/aromatic N) is 1. The number of piperazine rings is 1. The lowest BCUT2D eigenvalue weighted by Gasteiger charge is -2.26. The average Bonchev–Trinajstić information content (AvgIpc) is 3.13. The van der Waals surface area contributed by atoms with Crippen LogP contribution in [0.1, 0.15) is 0 Å². The summed E-state index contributed by atoms with van der Waals surface area (Å²) in [6, 6.07) is 8.35. The summed E-state index contributed by atoms with van der Waals surface area (Å²) in [7, 11) is -7.87. The maximum atomic E-state index is 13.0. The van der Waals surface area contributed by atoms with Gasteiger partial charge in [-0.2, -0.15) is 4.31 Å². The van der Waals surface area contributed by atoms with Gasteiger partial charge in [-0.05, 0) is 30.3 Å². The van der Waals surface area contributed by atoms with Crippen LogP contribution in [0, 0.1) is 0 Å². The molecule has 2 heterocycles. The third kappa shape index (κ3) is 3.91. The van der Waals surface area contributed by atoms with Crippen molar-refractivity contribution >= 4 is 59.8 Å². The predicted octanol–water partition coefficient (Wildman–Crippen LogP) is 2.87. The molecule has 0 saturated carbocycles. The Morgan fingerprint density at radius 3 is 2.37 bits per heavy atom. The molecule has 0 spiro atoms. The van der Waals surface area contributed by atoms with E-state index in [1.54, 1.807) is 0 Å². The van der Waals surface area contributed by atoms with E-state index in [0.29, 0.717) is 47.1 Å². The monoisotopic (exact) mass is 488 g/mol. The van der Waals surface area contributed by atoms with Crippen molar-refractivity contribution in [2.75, 3.05) is 30.9 Å². The SMILES string of the molecule is O=S(=O)(Nc1ccc(Cl)c2c(Cl)c[nH]c12)c1cccc(S(=O)(=O)N2CCNCC2)c1. The molecule has 3 aromatic rings. The minimum Gasteiger partial charge on any atom is -0.358 e. The highest BCUT2D eigenvalue weighted by molar-refractivity contribution is 7.93.